The molecule has 0 aliphatic rings. The van der Waals surface area contributed by atoms with Crippen molar-refractivity contribution in [2.75, 3.05) is 13.2 Å². The van der Waals surface area contributed by atoms with Crippen LogP contribution in [0.5, 0.6) is 0 Å². The summed E-state index contributed by atoms with van der Waals surface area (Å²) < 4.78 is 16.9. The summed E-state index contributed by atoms with van der Waals surface area (Å²) >= 11 is 0. The highest BCUT2D eigenvalue weighted by Crippen LogP contribution is 2.19. The molecule has 1 unspecified atom stereocenters. The summed E-state index contributed by atoms with van der Waals surface area (Å²) in [5, 5.41) is 0. The predicted molar refractivity (Wildman–Crippen MR) is 298 cm³/mol. The zero-order valence-corrected chi connectivity index (χ0v) is 47.5. The Kier molecular flexibility index (Phi) is 54.4. The second-order valence-corrected chi connectivity index (χ2v) is 22.4. The van der Waals surface area contributed by atoms with E-state index in [9.17, 15) is 14.4 Å². The van der Waals surface area contributed by atoms with Crippen LogP contribution in [0.1, 0.15) is 356 Å². The van der Waals surface area contributed by atoms with Gasteiger partial charge in [0.2, 0.25) is 0 Å². The van der Waals surface area contributed by atoms with Crippen LogP contribution < -0.4 is 0 Å². The molecule has 0 rings (SSSR count). The zero-order chi connectivity index (χ0) is 50.4. The Hall–Kier alpha value is -1.59. The monoisotopic (exact) mass is 975 g/mol. The topological polar surface area (TPSA) is 78.9 Å². The van der Waals surface area contributed by atoms with Gasteiger partial charge in [-0.05, 0) is 31.1 Å². The molecule has 0 fully saturated rings. The molecule has 6 nitrogen and oxygen atoms in total. The second-order valence-electron chi connectivity index (χ2n) is 22.4. The Morgan fingerprint density at radius 3 is 0.826 bits per heavy atom. The normalized spacial score (nSPS) is 12.4. The minimum Gasteiger partial charge on any atom is -0.462 e. The Balaban J connectivity index is 4.24. The van der Waals surface area contributed by atoms with Crippen LogP contribution in [-0.2, 0) is 28.6 Å². The highest BCUT2D eigenvalue weighted by molar-refractivity contribution is 5.71. The molecule has 0 amide bonds. The Bertz CT molecular complexity index is 1060. The van der Waals surface area contributed by atoms with E-state index in [1.165, 1.54) is 244 Å². The van der Waals surface area contributed by atoms with Crippen LogP contribution in [-0.4, -0.2) is 37.2 Å². The van der Waals surface area contributed by atoms with Crippen molar-refractivity contribution >= 4 is 17.9 Å². The Morgan fingerprint density at radius 1 is 0.304 bits per heavy atom. The summed E-state index contributed by atoms with van der Waals surface area (Å²) in [6, 6.07) is 0. The first-order chi connectivity index (χ1) is 33.8. The van der Waals surface area contributed by atoms with E-state index in [0.29, 0.717) is 19.3 Å². The average molecular weight is 976 g/mol. The van der Waals surface area contributed by atoms with Crippen LogP contribution in [0.2, 0.25) is 0 Å². The summed E-state index contributed by atoms with van der Waals surface area (Å²) in [5.41, 5.74) is 0. The number of unbranched alkanes of at least 4 members (excludes halogenated alkanes) is 41. The smallest absolute Gasteiger partial charge is 0.306 e. The second kappa shape index (κ2) is 55.7. The van der Waals surface area contributed by atoms with E-state index in [-0.39, 0.29) is 31.1 Å². The zero-order valence-electron chi connectivity index (χ0n) is 47.5. The fraction of sp³-hybridized carbons (Fsp3) is 0.952. The van der Waals surface area contributed by atoms with Gasteiger partial charge < -0.3 is 14.2 Å². The van der Waals surface area contributed by atoms with Crippen LogP contribution >= 0.6 is 0 Å². The van der Waals surface area contributed by atoms with E-state index >= 15 is 0 Å². The minimum atomic E-state index is -0.763. The molecule has 0 aliphatic heterocycles. The standard InChI is InChI=1S/C63H122O6/c1-6-8-9-10-11-12-13-14-19-23-28-33-38-43-48-53-61(64)67-56-60(69-63(66)55-50-45-40-35-30-25-26-31-36-41-46-51-58(3)4)57-68-62(65)54-49-44-39-34-29-24-21-18-16-15-17-20-22-27-32-37-42-47-52-59(5)7-2/h58-60H,6-57H2,1-5H3/t59?,60-/m1/s1. The van der Waals surface area contributed by atoms with Crippen molar-refractivity contribution in [2.24, 2.45) is 11.8 Å². The van der Waals surface area contributed by atoms with Gasteiger partial charge in [-0.2, -0.15) is 0 Å². The van der Waals surface area contributed by atoms with Crippen molar-refractivity contribution in [1.82, 2.24) is 0 Å². The maximum atomic E-state index is 12.9. The molecular weight excluding hydrogens is 853 g/mol. The van der Waals surface area contributed by atoms with E-state index < -0.39 is 6.10 Å². The Labute approximate surface area is 431 Å². The SMILES string of the molecule is CCCCCCCCCCCCCCCCCC(=O)OC[C@H](COC(=O)CCCCCCCCCCCCCCCCCCCCC(C)CC)OC(=O)CCCCCCCCCCCCCC(C)C. The fourth-order valence-corrected chi connectivity index (χ4v) is 9.73. The van der Waals surface area contributed by atoms with Crippen LogP contribution in [0.15, 0.2) is 0 Å². The number of esters is 3. The number of ether oxygens (including phenoxy) is 3. The molecule has 0 bridgehead atoms. The van der Waals surface area contributed by atoms with Gasteiger partial charge in [-0.25, -0.2) is 0 Å². The largest absolute Gasteiger partial charge is 0.462 e. The first-order valence-electron chi connectivity index (χ1n) is 31.3. The molecule has 0 N–H and O–H groups in total. The van der Waals surface area contributed by atoms with E-state index in [2.05, 4.69) is 34.6 Å². The molecule has 0 saturated carbocycles. The molecule has 0 aromatic carbocycles. The minimum absolute atomic E-state index is 0.0622. The van der Waals surface area contributed by atoms with Crippen LogP contribution in [0.3, 0.4) is 0 Å². The van der Waals surface area contributed by atoms with Crippen molar-refractivity contribution in [3.63, 3.8) is 0 Å². The molecule has 69 heavy (non-hydrogen) atoms. The maximum Gasteiger partial charge on any atom is 0.306 e. The van der Waals surface area contributed by atoms with Gasteiger partial charge in [0.15, 0.2) is 6.10 Å². The lowest BCUT2D eigenvalue weighted by atomic mass is 9.99. The van der Waals surface area contributed by atoms with Crippen molar-refractivity contribution in [2.45, 2.75) is 362 Å². The van der Waals surface area contributed by atoms with Crippen LogP contribution in [0.4, 0.5) is 0 Å². The van der Waals surface area contributed by atoms with E-state index in [0.717, 1.165) is 69.6 Å². The number of hydrogen-bond donors (Lipinski definition) is 0. The van der Waals surface area contributed by atoms with Crippen molar-refractivity contribution < 1.29 is 28.6 Å². The van der Waals surface area contributed by atoms with Gasteiger partial charge in [-0.1, -0.05) is 317 Å². The highest BCUT2D eigenvalue weighted by Gasteiger charge is 2.19. The molecule has 0 radical (unpaired) electrons. The molecule has 0 saturated heterocycles. The molecule has 0 heterocycles. The maximum absolute atomic E-state index is 12.9. The molecule has 410 valence electrons. The summed E-state index contributed by atoms with van der Waals surface area (Å²) in [5.74, 6) is 0.901. The molecular formula is C63H122O6. The van der Waals surface area contributed by atoms with E-state index in [1.807, 2.05) is 0 Å². The molecule has 0 spiro atoms. The van der Waals surface area contributed by atoms with Crippen LogP contribution in [0.25, 0.3) is 0 Å². The lowest BCUT2D eigenvalue weighted by Crippen LogP contribution is -2.30. The summed E-state index contributed by atoms with van der Waals surface area (Å²) in [6.45, 7) is 11.5. The first kappa shape index (κ1) is 67.4. The van der Waals surface area contributed by atoms with Gasteiger partial charge >= 0.3 is 17.9 Å². The van der Waals surface area contributed by atoms with Crippen molar-refractivity contribution in [3.05, 3.63) is 0 Å². The Morgan fingerprint density at radius 2 is 0.551 bits per heavy atom. The number of rotatable bonds is 57. The average Bonchev–Trinajstić information content (AvgIpc) is 3.34. The third-order valence-electron chi connectivity index (χ3n) is 14.8. The van der Waals surface area contributed by atoms with Crippen molar-refractivity contribution in [1.29, 1.82) is 0 Å². The quantitative estimate of drug-likeness (QED) is 0.0343. The third-order valence-corrected chi connectivity index (χ3v) is 14.8. The molecule has 0 aromatic heterocycles. The highest BCUT2D eigenvalue weighted by atomic mass is 16.6. The number of hydrogen-bond acceptors (Lipinski definition) is 6. The molecule has 2 atom stereocenters. The van der Waals surface area contributed by atoms with Gasteiger partial charge in [0, 0.05) is 19.3 Å². The van der Waals surface area contributed by atoms with E-state index in [4.69, 9.17) is 14.2 Å². The summed E-state index contributed by atoms with van der Waals surface area (Å²) in [6.07, 6.45) is 61.0. The third kappa shape index (κ3) is 55.6. The van der Waals surface area contributed by atoms with Crippen molar-refractivity contribution in [3.8, 4) is 0 Å². The van der Waals surface area contributed by atoms with Gasteiger partial charge in [0.05, 0.1) is 0 Å². The fourth-order valence-electron chi connectivity index (χ4n) is 9.73. The van der Waals surface area contributed by atoms with Gasteiger partial charge in [0.1, 0.15) is 13.2 Å². The van der Waals surface area contributed by atoms with Gasteiger partial charge in [-0.3, -0.25) is 14.4 Å². The lowest BCUT2D eigenvalue weighted by molar-refractivity contribution is -0.167. The summed E-state index contributed by atoms with van der Waals surface area (Å²) in [7, 11) is 0. The lowest BCUT2D eigenvalue weighted by Gasteiger charge is -2.18. The first-order valence-corrected chi connectivity index (χ1v) is 31.3. The van der Waals surface area contributed by atoms with Gasteiger partial charge in [-0.15, -0.1) is 0 Å². The summed E-state index contributed by atoms with van der Waals surface area (Å²) in [4.78, 5) is 38.2. The molecule has 0 aromatic rings. The van der Waals surface area contributed by atoms with Gasteiger partial charge in [0.25, 0.3) is 0 Å². The van der Waals surface area contributed by atoms with E-state index in [1.54, 1.807) is 0 Å². The molecule has 6 heteroatoms. The van der Waals surface area contributed by atoms with Crippen LogP contribution in [0, 0.1) is 11.8 Å². The number of carbonyl (C=O) groups is 3. The number of carbonyl (C=O) groups excluding carboxylic acids is 3. The predicted octanol–water partition coefficient (Wildman–Crippen LogP) is 20.8. The molecule has 0 aliphatic carbocycles.